The van der Waals surface area contributed by atoms with Gasteiger partial charge < -0.3 is 4.74 Å². The molecular weight excluding hydrogens is 214 g/mol. The summed E-state index contributed by atoms with van der Waals surface area (Å²) in [5.74, 6) is -0.138. The predicted molar refractivity (Wildman–Crippen MR) is 66.5 cm³/mol. The van der Waals surface area contributed by atoms with Crippen molar-refractivity contribution in [3.8, 4) is 0 Å². The van der Waals surface area contributed by atoms with Crippen molar-refractivity contribution in [1.29, 1.82) is 0 Å². The van der Waals surface area contributed by atoms with Crippen molar-refractivity contribution in [2.75, 3.05) is 13.1 Å². The normalized spacial score (nSPS) is 16.4. The molecule has 0 aliphatic carbocycles. The second kappa shape index (κ2) is 4.88. The minimum Gasteiger partial charge on any atom is -0.459 e. The topological polar surface area (TPSA) is 29.5 Å². The van der Waals surface area contributed by atoms with Crippen LogP contribution in [0.15, 0.2) is 30.3 Å². The van der Waals surface area contributed by atoms with Crippen LogP contribution in [-0.2, 0) is 16.1 Å². The Balaban J connectivity index is 1.88. The quantitative estimate of drug-likeness (QED) is 0.747. The third-order valence-electron chi connectivity index (χ3n) is 3.36. The Morgan fingerprint density at radius 2 is 1.94 bits per heavy atom. The maximum Gasteiger partial charge on any atom is 0.326 e. The van der Waals surface area contributed by atoms with Crippen molar-refractivity contribution in [3.05, 3.63) is 35.9 Å². The van der Waals surface area contributed by atoms with Gasteiger partial charge in [-0.25, -0.2) is 0 Å². The highest BCUT2D eigenvalue weighted by molar-refractivity contribution is 5.79. The van der Waals surface area contributed by atoms with Crippen molar-refractivity contribution >= 4 is 5.97 Å². The van der Waals surface area contributed by atoms with Crippen molar-refractivity contribution in [2.24, 2.45) is 0 Å². The lowest BCUT2D eigenvalue weighted by atomic mass is 9.98. The summed E-state index contributed by atoms with van der Waals surface area (Å²) in [5, 5.41) is 0. The van der Waals surface area contributed by atoms with Crippen LogP contribution in [0.3, 0.4) is 0 Å². The van der Waals surface area contributed by atoms with Gasteiger partial charge in [0.1, 0.15) is 12.1 Å². The van der Waals surface area contributed by atoms with Gasteiger partial charge in [-0.3, -0.25) is 9.69 Å². The van der Waals surface area contributed by atoms with Crippen LogP contribution in [0.25, 0.3) is 0 Å². The maximum atomic E-state index is 12.0. The summed E-state index contributed by atoms with van der Waals surface area (Å²) >= 11 is 0. The van der Waals surface area contributed by atoms with Gasteiger partial charge in [0.2, 0.25) is 0 Å². The molecule has 1 aromatic carbocycles. The van der Waals surface area contributed by atoms with Crippen LogP contribution >= 0.6 is 0 Å². The first-order valence-electron chi connectivity index (χ1n) is 6.07. The van der Waals surface area contributed by atoms with Gasteiger partial charge in [-0.1, -0.05) is 30.3 Å². The van der Waals surface area contributed by atoms with E-state index in [-0.39, 0.29) is 5.97 Å². The lowest BCUT2D eigenvalue weighted by molar-refractivity contribution is -0.160. The van der Waals surface area contributed by atoms with Crippen LogP contribution < -0.4 is 0 Å². The zero-order chi connectivity index (χ0) is 12.3. The fourth-order valence-electron chi connectivity index (χ4n) is 1.90. The molecule has 1 aliphatic rings. The average Bonchev–Trinajstić information content (AvgIpc) is 2.24. The van der Waals surface area contributed by atoms with Gasteiger partial charge >= 0.3 is 5.97 Å². The lowest BCUT2D eigenvalue weighted by Crippen LogP contribution is -2.56. The molecule has 1 saturated heterocycles. The van der Waals surface area contributed by atoms with Gasteiger partial charge in [-0.15, -0.1) is 0 Å². The molecule has 0 amide bonds. The Kier molecular flexibility index (Phi) is 3.48. The first-order valence-corrected chi connectivity index (χ1v) is 6.07. The van der Waals surface area contributed by atoms with Crippen LogP contribution in [-0.4, -0.2) is 29.5 Å². The third kappa shape index (κ3) is 2.67. The molecule has 1 aromatic rings. The van der Waals surface area contributed by atoms with Gasteiger partial charge in [-0.05, 0) is 25.8 Å². The molecule has 0 saturated carbocycles. The molecule has 2 rings (SSSR count). The first-order chi connectivity index (χ1) is 8.10. The molecule has 0 spiro atoms. The van der Waals surface area contributed by atoms with E-state index in [4.69, 9.17) is 4.74 Å². The Morgan fingerprint density at radius 3 is 2.47 bits per heavy atom. The zero-order valence-electron chi connectivity index (χ0n) is 10.5. The standard InChI is InChI=1S/C14H19NO2/c1-14(2,15-9-6-10-15)13(16)17-11-12-7-4-3-5-8-12/h3-5,7-8H,6,9-11H2,1-2H3. The highest BCUT2D eigenvalue weighted by Crippen LogP contribution is 2.23. The molecule has 0 bridgehead atoms. The highest BCUT2D eigenvalue weighted by Gasteiger charge is 2.38. The number of likely N-dealkylation sites (tertiary alicyclic amines) is 1. The van der Waals surface area contributed by atoms with Gasteiger partial charge in [-0.2, -0.15) is 0 Å². The molecule has 1 aliphatic heterocycles. The second-order valence-corrected chi connectivity index (χ2v) is 4.96. The smallest absolute Gasteiger partial charge is 0.326 e. The van der Waals surface area contributed by atoms with E-state index in [1.807, 2.05) is 44.2 Å². The molecule has 1 heterocycles. The lowest BCUT2D eigenvalue weighted by Gasteiger charge is -2.42. The SMILES string of the molecule is CC(C)(C(=O)OCc1ccccc1)N1CCC1. The third-order valence-corrected chi connectivity index (χ3v) is 3.36. The minimum absolute atomic E-state index is 0.138. The fraction of sp³-hybridized carbons (Fsp3) is 0.500. The first kappa shape index (κ1) is 12.1. The Labute approximate surface area is 102 Å². The molecule has 0 unspecified atom stereocenters. The van der Waals surface area contributed by atoms with Gasteiger partial charge in [0.05, 0.1) is 0 Å². The number of carbonyl (C=O) groups is 1. The number of carbonyl (C=O) groups excluding carboxylic acids is 1. The number of benzene rings is 1. The van der Waals surface area contributed by atoms with Crippen molar-refractivity contribution in [1.82, 2.24) is 4.90 Å². The number of nitrogens with zero attached hydrogens (tertiary/aromatic N) is 1. The largest absolute Gasteiger partial charge is 0.459 e. The summed E-state index contributed by atoms with van der Waals surface area (Å²) in [6, 6.07) is 9.77. The Hall–Kier alpha value is -1.35. The van der Waals surface area contributed by atoms with Crippen LogP contribution in [0.4, 0.5) is 0 Å². The van der Waals surface area contributed by atoms with Crippen LogP contribution in [0.2, 0.25) is 0 Å². The van der Waals surface area contributed by atoms with E-state index in [9.17, 15) is 4.79 Å². The van der Waals surface area contributed by atoms with E-state index in [0.717, 1.165) is 18.7 Å². The number of esters is 1. The predicted octanol–water partition coefficient (Wildman–Crippen LogP) is 2.21. The van der Waals surface area contributed by atoms with Crippen LogP contribution in [0.5, 0.6) is 0 Å². The highest BCUT2D eigenvalue weighted by atomic mass is 16.5. The molecule has 0 atom stereocenters. The summed E-state index contributed by atoms with van der Waals surface area (Å²) in [4.78, 5) is 14.2. The number of hydrogen-bond acceptors (Lipinski definition) is 3. The summed E-state index contributed by atoms with van der Waals surface area (Å²) in [7, 11) is 0. The molecule has 92 valence electrons. The molecule has 3 nitrogen and oxygen atoms in total. The van der Waals surface area contributed by atoms with Crippen LogP contribution in [0.1, 0.15) is 25.8 Å². The minimum atomic E-state index is -0.493. The van der Waals surface area contributed by atoms with Gasteiger partial charge in [0.15, 0.2) is 0 Å². The average molecular weight is 233 g/mol. The van der Waals surface area contributed by atoms with E-state index in [0.29, 0.717) is 6.61 Å². The number of rotatable bonds is 4. The molecule has 1 fully saturated rings. The van der Waals surface area contributed by atoms with Crippen molar-refractivity contribution in [2.45, 2.75) is 32.4 Å². The second-order valence-electron chi connectivity index (χ2n) is 4.96. The van der Waals surface area contributed by atoms with Crippen molar-refractivity contribution in [3.63, 3.8) is 0 Å². The van der Waals surface area contributed by atoms with E-state index < -0.39 is 5.54 Å². The summed E-state index contributed by atoms with van der Waals surface area (Å²) in [5.41, 5.74) is 0.535. The summed E-state index contributed by atoms with van der Waals surface area (Å²) in [6.07, 6.45) is 1.18. The van der Waals surface area contributed by atoms with Crippen molar-refractivity contribution < 1.29 is 9.53 Å². The Bertz CT molecular complexity index is 382. The molecule has 0 N–H and O–H groups in total. The Morgan fingerprint density at radius 1 is 1.29 bits per heavy atom. The molecule has 0 aromatic heterocycles. The number of hydrogen-bond donors (Lipinski definition) is 0. The number of ether oxygens (including phenoxy) is 1. The zero-order valence-corrected chi connectivity index (χ0v) is 10.5. The molecule has 0 radical (unpaired) electrons. The van der Waals surface area contributed by atoms with E-state index in [1.165, 1.54) is 6.42 Å². The van der Waals surface area contributed by atoms with Gasteiger partial charge in [0.25, 0.3) is 0 Å². The molecular formula is C14H19NO2. The van der Waals surface area contributed by atoms with E-state index >= 15 is 0 Å². The molecule has 17 heavy (non-hydrogen) atoms. The molecule has 3 heteroatoms. The maximum absolute atomic E-state index is 12.0. The monoisotopic (exact) mass is 233 g/mol. The van der Waals surface area contributed by atoms with Gasteiger partial charge in [0, 0.05) is 13.1 Å². The summed E-state index contributed by atoms with van der Waals surface area (Å²) < 4.78 is 5.37. The van der Waals surface area contributed by atoms with E-state index in [1.54, 1.807) is 0 Å². The summed E-state index contributed by atoms with van der Waals surface area (Å²) in [6.45, 7) is 6.21. The van der Waals surface area contributed by atoms with E-state index in [2.05, 4.69) is 4.90 Å². The van der Waals surface area contributed by atoms with Crippen LogP contribution in [0, 0.1) is 0 Å². The fourth-order valence-corrected chi connectivity index (χ4v) is 1.90.